The monoisotopic (exact) mass is 375 g/mol. The van der Waals surface area contributed by atoms with Gasteiger partial charge in [0.05, 0.1) is 25.3 Å². The number of aliphatic hydroxyl groups excluding tert-OH is 1. The van der Waals surface area contributed by atoms with Gasteiger partial charge in [-0.05, 0) is 30.8 Å². The van der Waals surface area contributed by atoms with Gasteiger partial charge < -0.3 is 14.9 Å². The van der Waals surface area contributed by atoms with Crippen molar-refractivity contribution in [2.24, 2.45) is 0 Å². The van der Waals surface area contributed by atoms with E-state index in [0.717, 1.165) is 16.7 Å². The van der Waals surface area contributed by atoms with Crippen LogP contribution in [0.4, 0.5) is 0 Å². The summed E-state index contributed by atoms with van der Waals surface area (Å²) < 4.78 is 0. The van der Waals surface area contributed by atoms with E-state index in [0.29, 0.717) is 0 Å². The number of nitriles is 1. The van der Waals surface area contributed by atoms with E-state index in [1.54, 1.807) is 4.90 Å². The van der Waals surface area contributed by atoms with E-state index < -0.39 is 6.04 Å². The molecule has 144 valence electrons. The van der Waals surface area contributed by atoms with Crippen molar-refractivity contribution in [2.75, 3.05) is 27.2 Å². The molecule has 1 saturated heterocycles. The van der Waals surface area contributed by atoms with Gasteiger partial charge in [-0.1, -0.05) is 66.7 Å². The summed E-state index contributed by atoms with van der Waals surface area (Å²) >= 11 is 0. The van der Waals surface area contributed by atoms with Crippen molar-refractivity contribution in [3.05, 3.63) is 71.3 Å². The van der Waals surface area contributed by atoms with Gasteiger partial charge in [0.25, 0.3) is 0 Å². The maximum atomic E-state index is 12.4. The lowest BCUT2D eigenvalue weighted by molar-refractivity contribution is -0.147. The minimum absolute atomic E-state index is 0.130. The normalized spacial score (nSPS) is 21.5. The molecule has 1 aliphatic rings. The Morgan fingerprint density at radius 3 is 2.25 bits per heavy atom. The highest BCUT2D eigenvalue weighted by molar-refractivity contribution is 5.81. The zero-order valence-corrected chi connectivity index (χ0v) is 16.2. The van der Waals surface area contributed by atoms with E-state index in [-0.39, 0.29) is 31.0 Å². The highest BCUT2D eigenvalue weighted by Gasteiger charge is 2.51. The lowest BCUT2D eigenvalue weighted by Gasteiger charge is -2.51. The van der Waals surface area contributed by atoms with Crippen molar-refractivity contribution in [3.63, 3.8) is 0 Å². The first-order chi connectivity index (χ1) is 13.5. The summed E-state index contributed by atoms with van der Waals surface area (Å²) in [6.45, 7) is 0.0717. The molecule has 5 nitrogen and oxygen atoms in total. The number of carbonyl (C=O) groups excluding carboxylic acids is 1. The second kappa shape index (κ2) is 8.83. The molecule has 1 aliphatic heterocycles. The molecular weight excluding hydrogens is 350 g/mol. The lowest BCUT2D eigenvalue weighted by atomic mass is 9.75. The Kier molecular flexibility index (Phi) is 6.25. The van der Waals surface area contributed by atoms with Crippen molar-refractivity contribution in [1.29, 1.82) is 5.26 Å². The highest BCUT2D eigenvalue weighted by Crippen LogP contribution is 2.40. The molecule has 2 aromatic carbocycles. The van der Waals surface area contributed by atoms with Crippen LogP contribution in [0.5, 0.6) is 0 Å². The number of aliphatic hydroxyl groups is 1. The molecule has 1 fully saturated rings. The van der Waals surface area contributed by atoms with Crippen LogP contribution in [-0.4, -0.2) is 60.1 Å². The lowest BCUT2D eigenvalue weighted by Crippen LogP contribution is -2.66. The van der Waals surface area contributed by atoms with E-state index in [1.807, 2.05) is 74.8 Å². The molecule has 1 N–H and O–H groups in total. The second-order valence-corrected chi connectivity index (χ2v) is 7.30. The molecule has 0 unspecified atom stereocenters. The van der Waals surface area contributed by atoms with Crippen LogP contribution in [0.15, 0.2) is 54.6 Å². The van der Waals surface area contributed by atoms with Gasteiger partial charge in [-0.15, -0.1) is 0 Å². The molecule has 0 bridgehead atoms. The summed E-state index contributed by atoms with van der Waals surface area (Å²) in [5, 5.41) is 19.4. The van der Waals surface area contributed by atoms with Gasteiger partial charge >= 0.3 is 0 Å². The number of nitrogens with zero attached hydrogens (tertiary/aromatic N) is 3. The molecule has 0 aliphatic carbocycles. The number of hydrogen-bond acceptors (Lipinski definition) is 4. The molecule has 3 atom stereocenters. The van der Waals surface area contributed by atoms with Gasteiger partial charge in [0, 0.05) is 5.92 Å². The van der Waals surface area contributed by atoms with E-state index in [9.17, 15) is 15.2 Å². The van der Waals surface area contributed by atoms with E-state index in [1.165, 1.54) is 4.90 Å². The van der Waals surface area contributed by atoms with Crippen LogP contribution in [0.1, 0.15) is 22.6 Å². The van der Waals surface area contributed by atoms with Gasteiger partial charge in [0.15, 0.2) is 0 Å². The predicted octanol–water partition coefficient (Wildman–Crippen LogP) is 2.60. The molecule has 0 spiro atoms. The molecule has 0 aromatic heterocycles. The maximum absolute atomic E-state index is 12.4. The quantitative estimate of drug-likeness (QED) is 0.788. The average Bonchev–Trinajstić information content (AvgIpc) is 2.67. The van der Waals surface area contributed by atoms with Crippen molar-refractivity contribution in [3.8, 4) is 6.07 Å². The summed E-state index contributed by atoms with van der Waals surface area (Å²) in [5.41, 5.74) is 3.16. The molecule has 0 saturated carbocycles. The Bertz CT molecular complexity index is 869. The molecule has 0 radical (unpaired) electrons. The number of likely N-dealkylation sites (N-methyl/N-ethyl adjacent to an activating group) is 1. The van der Waals surface area contributed by atoms with Gasteiger partial charge in [-0.3, -0.25) is 4.79 Å². The van der Waals surface area contributed by atoms with Crippen LogP contribution in [0.25, 0.3) is 12.2 Å². The van der Waals surface area contributed by atoms with E-state index >= 15 is 0 Å². The van der Waals surface area contributed by atoms with Crippen LogP contribution < -0.4 is 0 Å². The zero-order valence-electron chi connectivity index (χ0n) is 16.2. The molecule has 1 heterocycles. The number of likely N-dealkylation sites (tertiary alicyclic amines) is 1. The number of hydrogen-bond donors (Lipinski definition) is 1. The predicted molar refractivity (Wildman–Crippen MR) is 110 cm³/mol. The fourth-order valence-electron chi connectivity index (χ4n) is 3.69. The summed E-state index contributed by atoms with van der Waals surface area (Å²) in [6, 6.07) is 19.4. The summed E-state index contributed by atoms with van der Waals surface area (Å²) in [4.78, 5) is 15.7. The third-order valence-electron chi connectivity index (χ3n) is 5.06. The van der Waals surface area contributed by atoms with Crippen LogP contribution in [0, 0.1) is 11.3 Å². The number of benzene rings is 2. The Balaban J connectivity index is 1.74. The molecule has 5 heteroatoms. The number of amides is 1. The van der Waals surface area contributed by atoms with Gasteiger partial charge in [0.2, 0.25) is 5.91 Å². The topological polar surface area (TPSA) is 67.6 Å². The fourth-order valence-corrected chi connectivity index (χ4v) is 3.69. The standard InChI is InChI=1S/C23H25N3O2/c1-25(2)15-22(28)26-20(14-24)23(21(26)16-27)19-12-10-18(11-13-19)9-8-17-6-4-3-5-7-17/h3-13,20-21,23,27H,15-16H2,1-2H3/b9-8+/t20-,21+,23+/m0/s1. The molecule has 3 rings (SSSR count). The Labute approximate surface area is 166 Å². The van der Waals surface area contributed by atoms with Crippen molar-refractivity contribution in [2.45, 2.75) is 18.0 Å². The van der Waals surface area contributed by atoms with Crippen LogP contribution >= 0.6 is 0 Å². The first-order valence-electron chi connectivity index (χ1n) is 9.34. The van der Waals surface area contributed by atoms with Crippen molar-refractivity contribution >= 4 is 18.1 Å². The second-order valence-electron chi connectivity index (χ2n) is 7.30. The average molecular weight is 375 g/mol. The van der Waals surface area contributed by atoms with Crippen molar-refractivity contribution in [1.82, 2.24) is 9.80 Å². The van der Waals surface area contributed by atoms with Crippen LogP contribution in [0.2, 0.25) is 0 Å². The first-order valence-corrected chi connectivity index (χ1v) is 9.34. The molecule has 28 heavy (non-hydrogen) atoms. The van der Waals surface area contributed by atoms with Crippen molar-refractivity contribution < 1.29 is 9.90 Å². The molecule has 1 amide bonds. The third-order valence-corrected chi connectivity index (χ3v) is 5.06. The fraction of sp³-hybridized carbons (Fsp3) is 0.304. The minimum Gasteiger partial charge on any atom is -0.394 e. The Hall–Kier alpha value is -2.94. The third kappa shape index (κ3) is 4.14. The van der Waals surface area contributed by atoms with Gasteiger partial charge in [0.1, 0.15) is 6.04 Å². The SMILES string of the molecule is CN(C)CC(=O)N1[C@H](CO)[C@H](c2ccc(/C=C/c3ccccc3)cc2)[C@@H]1C#N. The van der Waals surface area contributed by atoms with Crippen LogP contribution in [0.3, 0.4) is 0 Å². The van der Waals surface area contributed by atoms with Gasteiger partial charge in [-0.2, -0.15) is 5.26 Å². The minimum atomic E-state index is -0.546. The van der Waals surface area contributed by atoms with Crippen LogP contribution in [-0.2, 0) is 4.79 Å². The zero-order chi connectivity index (χ0) is 20.1. The van der Waals surface area contributed by atoms with Gasteiger partial charge in [-0.25, -0.2) is 0 Å². The Morgan fingerprint density at radius 2 is 1.71 bits per heavy atom. The smallest absolute Gasteiger partial charge is 0.238 e. The molecular formula is C23H25N3O2. The Morgan fingerprint density at radius 1 is 1.11 bits per heavy atom. The van der Waals surface area contributed by atoms with E-state index in [4.69, 9.17) is 0 Å². The highest BCUT2D eigenvalue weighted by atomic mass is 16.3. The largest absolute Gasteiger partial charge is 0.394 e. The number of carbonyl (C=O) groups is 1. The summed E-state index contributed by atoms with van der Waals surface area (Å²) in [6.07, 6.45) is 4.09. The first kappa shape index (κ1) is 19.8. The molecule has 2 aromatic rings. The summed E-state index contributed by atoms with van der Waals surface area (Å²) in [5.74, 6) is -0.303. The number of rotatable bonds is 6. The summed E-state index contributed by atoms with van der Waals surface area (Å²) in [7, 11) is 3.62. The van der Waals surface area contributed by atoms with E-state index in [2.05, 4.69) is 12.1 Å². The maximum Gasteiger partial charge on any atom is 0.238 e.